The standard InChI is InChI=1S/C43H62O12/c1-9-27(6)31(18-16-26(5)15-11-14-25(4)13-10-12-24(2)3)52-41-35(23-44)54-43(39(49)38(41)48)55-42-37(47)36-30(46)21-29(45)22-34(36)53-40(42)28-17-19-32(50-7)33(20-28)51-8/h9,17,19-22,24-26,31,35,38-39,41,43-46,48-49H,10-16,18,23H2,1-8H3/b27-9-/t25?,26?,31?,35-,38-,39-,41-,43+/m1/s1. The molecule has 1 aliphatic rings. The van der Waals surface area contributed by atoms with Crippen LogP contribution >= 0.6 is 0 Å². The third-order valence-electron chi connectivity index (χ3n) is 10.7. The van der Waals surface area contributed by atoms with E-state index >= 15 is 0 Å². The van der Waals surface area contributed by atoms with Crippen LogP contribution in [0.3, 0.4) is 0 Å². The maximum atomic E-state index is 14.0. The molecule has 1 fully saturated rings. The van der Waals surface area contributed by atoms with Crippen LogP contribution in [0.15, 0.2) is 51.2 Å². The molecule has 0 amide bonds. The quantitative estimate of drug-likeness (QED) is 0.0717. The largest absolute Gasteiger partial charge is 0.508 e. The van der Waals surface area contributed by atoms with Crippen LogP contribution in [0.2, 0.25) is 0 Å². The van der Waals surface area contributed by atoms with Crippen LogP contribution in [0.25, 0.3) is 22.3 Å². The Kier molecular flexibility index (Phi) is 16.3. The lowest BCUT2D eigenvalue weighted by atomic mass is 9.91. The SMILES string of the molecule is C/C=C(/C)C(CCC(C)CCCC(C)CCCC(C)C)O[C@H]1[C@H](O)[C@@H](O)[C@H](Oc2c(-c3ccc(OC)c(OC)c3)oc3cc(O)cc(O)c3c2=O)O[C@@H]1CO. The molecule has 0 spiro atoms. The summed E-state index contributed by atoms with van der Waals surface area (Å²) in [4.78, 5) is 14.0. The van der Waals surface area contributed by atoms with E-state index in [1.807, 2.05) is 19.9 Å². The van der Waals surface area contributed by atoms with Gasteiger partial charge in [-0.05, 0) is 68.2 Å². The molecule has 12 nitrogen and oxygen atoms in total. The summed E-state index contributed by atoms with van der Waals surface area (Å²) in [7, 11) is 2.91. The van der Waals surface area contributed by atoms with Gasteiger partial charge in [-0.1, -0.05) is 72.3 Å². The van der Waals surface area contributed by atoms with E-state index in [9.17, 15) is 30.3 Å². The number of phenolic OH excluding ortho intramolecular Hbond substituents is 2. The van der Waals surface area contributed by atoms with Crippen molar-refractivity contribution in [3.8, 4) is 40.1 Å². The molecule has 0 bridgehead atoms. The number of hydrogen-bond acceptors (Lipinski definition) is 12. The molecule has 0 radical (unpaired) electrons. The average molecular weight is 771 g/mol. The molecule has 3 aromatic rings. The van der Waals surface area contributed by atoms with E-state index in [1.54, 1.807) is 12.1 Å². The Labute approximate surface area is 324 Å². The number of aliphatic hydroxyl groups is 3. The van der Waals surface area contributed by atoms with Crippen molar-refractivity contribution in [2.75, 3.05) is 20.8 Å². The summed E-state index contributed by atoms with van der Waals surface area (Å²) in [5.74, 6) is 1.10. The van der Waals surface area contributed by atoms with Gasteiger partial charge < -0.3 is 53.6 Å². The molecule has 8 atom stereocenters. The van der Waals surface area contributed by atoms with Crippen molar-refractivity contribution in [2.24, 2.45) is 17.8 Å². The van der Waals surface area contributed by atoms with Gasteiger partial charge in [0, 0.05) is 17.7 Å². The number of allylic oxidation sites excluding steroid dienone is 1. The van der Waals surface area contributed by atoms with Crippen molar-refractivity contribution in [1.29, 1.82) is 0 Å². The van der Waals surface area contributed by atoms with Gasteiger partial charge in [0.15, 0.2) is 17.3 Å². The minimum absolute atomic E-state index is 0.141. The van der Waals surface area contributed by atoms with Gasteiger partial charge in [-0.25, -0.2) is 0 Å². The summed E-state index contributed by atoms with van der Waals surface area (Å²) in [6.45, 7) is 12.4. The minimum atomic E-state index is -1.73. The van der Waals surface area contributed by atoms with Gasteiger partial charge in [0.2, 0.25) is 17.5 Å². The first kappa shape index (κ1) is 43.9. The lowest BCUT2D eigenvalue weighted by molar-refractivity contribution is -0.290. The summed E-state index contributed by atoms with van der Waals surface area (Å²) in [5, 5.41) is 53.8. The molecule has 1 saturated heterocycles. The summed E-state index contributed by atoms with van der Waals surface area (Å²) in [6, 6.07) is 6.85. The average Bonchev–Trinajstić information content (AvgIpc) is 3.15. The van der Waals surface area contributed by atoms with Gasteiger partial charge in [-0.15, -0.1) is 0 Å². The molecule has 4 rings (SSSR count). The Hall–Kier alpha value is -3.81. The van der Waals surface area contributed by atoms with E-state index < -0.39 is 60.3 Å². The third-order valence-corrected chi connectivity index (χ3v) is 10.7. The molecule has 1 aromatic heterocycles. The van der Waals surface area contributed by atoms with Crippen molar-refractivity contribution < 1.29 is 53.6 Å². The van der Waals surface area contributed by atoms with E-state index in [4.69, 9.17) is 28.1 Å². The second kappa shape index (κ2) is 20.4. The van der Waals surface area contributed by atoms with Gasteiger partial charge in [-0.3, -0.25) is 4.79 Å². The zero-order valence-corrected chi connectivity index (χ0v) is 33.6. The van der Waals surface area contributed by atoms with Crippen molar-refractivity contribution in [1.82, 2.24) is 0 Å². The smallest absolute Gasteiger partial charge is 0.239 e. The summed E-state index contributed by atoms with van der Waals surface area (Å²) >= 11 is 0. The molecule has 306 valence electrons. The van der Waals surface area contributed by atoms with Crippen molar-refractivity contribution in [3.05, 3.63) is 52.2 Å². The van der Waals surface area contributed by atoms with Gasteiger partial charge in [0.05, 0.1) is 26.9 Å². The highest BCUT2D eigenvalue weighted by Gasteiger charge is 2.48. The topological polar surface area (TPSA) is 178 Å². The van der Waals surface area contributed by atoms with E-state index in [1.165, 1.54) is 58.5 Å². The van der Waals surface area contributed by atoms with E-state index in [0.717, 1.165) is 30.4 Å². The fourth-order valence-electron chi connectivity index (χ4n) is 7.17. The predicted molar refractivity (Wildman–Crippen MR) is 211 cm³/mol. The lowest BCUT2D eigenvalue weighted by Gasteiger charge is -2.43. The molecule has 1 aliphatic heterocycles. The fourth-order valence-corrected chi connectivity index (χ4v) is 7.17. The van der Waals surface area contributed by atoms with E-state index in [0.29, 0.717) is 29.8 Å². The number of hydrogen-bond donors (Lipinski definition) is 5. The number of aliphatic hydroxyl groups excluding tert-OH is 3. The molecule has 3 unspecified atom stereocenters. The Bertz CT molecular complexity index is 1760. The second-order valence-electron chi connectivity index (χ2n) is 15.5. The molecule has 12 heteroatoms. The number of phenols is 2. The summed E-state index contributed by atoms with van der Waals surface area (Å²) in [5.41, 5.74) is 0.251. The Balaban J connectivity index is 1.53. The number of methoxy groups -OCH3 is 2. The van der Waals surface area contributed by atoms with Crippen molar-refractivity contribution in [3.63, 3.8) is 0 Å². The van der Waals surface area contributed by atoms with Crippen molar-refractivity contribution in [2.45, 2.75) is 130 Å². The first-order chi connectivity index (χ1) is 26.2. The number of ether oxygens (including phenoxy) is 5. The number of fused-ring (bicyclic) bond motifs is 1. The normalized spacial score (nSPS) is 22.1. The zero-order chi connectivity index (χ0) is 40.4. The first-order valence-electron chi connectivity index (χ1n) is 19.5. The van der Waals surface area contributed by atoms with Crippen LogP contribution in [-0.2, 0) is 9.47 Å². The Morgan fingerprint density at radius 1 is 0.873 bits per heavy atom. The molecular weight excluding hydrogens is 708 g/mol. The van der Waals surface area contributed by atoms with Crippen LogP contribution in [0.1, 0.15) is 92.9 Å². The van der Waals surface area contributed by atoms with E-state index in [2.05, 4.69) is 27.7 Å². The molecule has 2 aromatic carbocycles. The predicted octanol–water partition coefficient (Wildman–Crippen LogP) is 7.48. The molecular formula is C43H62O12. The summed E-state index contributed by atoms with van der Waals surface area (Å²) in [6.07, 6.45) is 3.14. The second-order valence-corrected chi connectivity index (χ2v) is 15.5. The van der Waals surface area contributed by atoms with Crippen molar-refractivity contribution >= 4 is 11.0 Å². The van der Waals surface area contributed by atoms with Gasteiger partial charge in [-0.2, -0.15) is 0 Å². The molecule has 0 saturated carbocycles. The van der Waals surface area contributed by atoms with Crippen LogP contribution in [-0.4, -0.2) is 83.2 Å². The number of benzene rings is 2. The molecule has 0 aliphatic carbocycles. The maximum Gasteiger partial charge on any atom is 0.239 e. The summed E-state index contributed by atoms with van der Waals surface area (Å²) < 4.78 is 35.3. The molecule has 5 N–H and O–H groups in total. The monoisotopic (exact) mass is 770 g/mol. The highest BCUT2D eigenvalue weighted by molar-refractivity contribution is 5.88. The van der Waals surface area contributed by atoms with Crippen LogP contribution < -0.4 is 19.6 Å². The Morgan fingerprint density at radius 3 is 2.15 bits per heavy atom. The van der Waals surface area contributed by atoms with Crippen LogP contribution in [0, 0.1) is 17.8 Å². The third kappa shape index (κ3) is 11.2. The fraction of sp³-hybridized carbons (Fsp3) is 0.605. The van der Waals surface area contributed by atoms with E-state index in [-0.39, 0.29) is 28.0 Å². The Morgan fingerprint density at radius 2 is 1.53 bits per heavy atom. The van der Waals surface area contributed by atoms with Gasteiger partial charge >= 0.3 is 0 Å². The first-order valence-corrected chi connectivity index (χ1v) is 19.5. The molecule has 2 heterocycles. The molecule has 55 heavy (non-hydrogen) atoms. The number of aromatic hydroxyl groups is 2. The van der Waals surface area contributed by atoms with Crippen LogP contribution in [0.4, 0.5) is 0 Å². The zero-order valence-electron chi connectivity index (χ0n) is 33.6. The minimum Gasteiger partial charge on any atom is -0.508 e. The maximum absolute atomic E-state index is 14.0. The highest BCUT2D eigenvalue weighted by atomic mass is 16.7. The van der Waals surface area contributed by atoms with Gasteiger partial charge in [0.1, 0.15) is 46.9 Å². The number of rotatable bonds is 20. The van der Waals surface area contributed by atoms with Gasteiger partial charge in [0.25, 0.3) is 0 Å². The lowest BCUT2D eigenvalue weighted by Crippen LogP contribution is -2.61. The van der Waals surface area contributed by atoms with Crippen LogP contribution in [0.5, 0.6) is 28.7 Å². The highest BCUT2D eigenvalue weighted by Crippen LogP contribution is 2.40.